The molecule has 1 atom stereocenters. The molecule has 4 nitrogen and oxygen atoms in total. The average molecular weight is 324 g/mol. The van der Waals surface area contributed by atoms with E-state index in [-0.39, 0.29) is 11.5 Å². The normalized spacial score (nSPS) is 13.6. The lowest BCUT2D eigenvalue weighted by atomic mass is 10.1. The second-order valence-electron chi connectivity index (χ2n) is 6.96. The summed E-state index contributed by atoms with van der Waals surface area (Å²) in [5, 5.41) is 10.2. The van der Waals surface area contributed by atoms with Gasteiger partial charge in [0, 0.05) is 0 Å². The van der Waals surface area contributed by atoms with Crippen molar-refractivity contribution in [3.8, 4) is 5.75 Å². The maximum atomic E-state index is 11.4. The van der Waals surface area contributed by atoms with Crippen LogP contribution in [0.25, 0.3) is 0 Å². The monoisotopic (exact) mass is 324 g/mol. The van der Waals surface area contributed by atoms with Crippen LogP contribution in [0.4, 0.5) is 0 Å². The molecule has 0 spiro atoms. The van der Waals surface area contributed by atoms with Crippen LogP contribution in [0.5, 0.6) is 5.75 Å². The van der Waals surface area contributed by atoms with Crippen LogP contribution in [0.2, 0.25) is 18.1 Å². The van der Waals surface area contributed by atoms with Crippen molar-refractivity contribution in [2.24, 2.45) is 0 Å². The molecule has 5 heteroatoms. The summed E-state index contributed by atoms with van der Waals surface area (Å²) < 4.78 is 11.0. The van der Waals surface area contributed by atoms with Gasteiger partial charge in [0.15, 0.2) is 0 Å². The predicted molar refractivity (Wildman–Crippen MR) is 90.5 cm³/mol. The van der Waals surface area contributed by atoms with E-state index in [1.165, 1.54) is 0 Å². The van der Waals surface area contributed by atoms with Gasteiger partial charge >= 0.3 is 5.97 Å². The van der Waals surface area contributed by atoms with E-state index in [0.29, 0.717) is 12.2 Å². The highest BCUT2D eigenvalue weighted by atomic mass is 28.4. The van der Waals surface area contributed by atoms with Crippen molar-refractivity contribution >= 4 is 14.3 Å². The first-order valence-electron chi connectivity index (χ1n) is 7.69. The van der Waals surface area contributed by atoms with Gasteiger partial charge in [0.1, 0.15) is 5.75 Å². The third-order valence-electron chi connectivity index (χ3n) is 4.11. The first kappa shape index (κ1) is 18.7. The van der Waals surface area contributed by atoms with E-state index in [9.17, 15) is 9.90 Å². The fraction of sp³-hybridized carbons (Fsp3) is 0.588. The van der Waals surface area contributed by atoms with Crippen LogP contribution in [-0.2, 0) is 9.53 Å². The van der Waals surface area contributed by atoms with Gasteiger partial charge in [0.05, 0.1) is 19.1 Å². The second-order valence-corrected chi connectivity index (χ2v) is 11.7. The quantitative estimate of drug-likeness (QED) is 0.633. The number of hydrogen-bond donors (Lipinski definition) is 1. The van der Waals surface area contributed by atoms with E-state index in [1.807, 2.05) is 12.1 Å². The Morgan fingerprint density at radius 3 is 2.23 bits per heavy atom. The van der Waals surface area contributed by atoms with Crippen LogP contribution in [0.15, 0.2) is 24.3 Å². The van der Waals surface area contributed by atoms with E-state index in [0.717, 1.165) is 5.75 Å². The van der Waals surface area contributed by atoms with Crippen molar-refractivity contribution in [1.82, 2.24) is 0 Å². The third-order valence-corrected chi connectivity index (χ3v) is 8.47. The highest BCUT2D eigenvalue weighted by Gasteiger charge is 2.38. The summed E-state index contributed by atoms with van der Waals surface area (Å²) in [7, 11) is -1.86. The van der Waals surface area contributed by atoms with Crippen molar-refractivity contribution < 1.29 is 19.1 Å². The topological polar surface area (TPSA) is 55.8 Å². The molecule has 1 aromatic rings. The highest BCUT2D eigenvalue weighted by molar-refractivity contribution is 6.74. The van der Waals surface area contributed by atoms with Gasteiger partial charge in [-0.25, -0.2) is 0 Å². The largest absolute Gasteiger partial charge is 0.544 e. The number of rotatable bonds is 6. The standard InChI is InChI=1S/C17H28O4Si/c1-7-20-16(19)12-15(18)13-8-10-14(11-9-13)21-22(5,6)17(2,3)4/h8-11,15,18H,7,12H2,1-6H3. The minimum Gasteiger partial charge on any atom is -0.544 e. The SMILES string of the molecule is CCOC(=O)CC(O)c1ccc(O[Si](C)(C)C(C)(C)C)cc1. The maximum absolute atomic E-state index is 11.4. The Bertz CT molecular complexity index is 488. The van der Waals surface area contributed by atoms with Crippen LogP contribution in [-0.4, -0.2) is 26.0 Å². The Hall–Kier alpha value is -1.33. The molecule has 0 saturated heterocycles. The number of hydrogen-bond acceptors (Lipinski definition) is 4. The molecule has 0 saturated carbocycles. The number of benzene rings is 1. The molecule has 0 aliphatic rings. The fourth-order valence-electron chi connectivity index (χ4n) is 1.70. The van der Waals surface area contributed by atoms with Crippen LogP contribution in [0, 0.1) is 0 Å². The maximum Gasteiger partial charge on any atom is 0.308 e. The molecule has 1 rings (SSSR count). The van der Waals surface area contributed by atoms with Gasteiger partial charge in [-0.05, 0) is 42.8 Å². The summed E-state index contributed by atoms with van der Waals surface area (Å²) in [6.07, 6.45) is -0.878. The van der Waals surface area contributed by atoms with Gasteiger partial charge in [-0.15, -0.1) is 0 Å². The van der Waals surface area contributed by atoms with Gasteiger partial charge in [0.2, 0.25) is 8.32 Å². The van der Waals surface area contributed by atoms with Crippen LogP contribution in [0.1, 0.15) is 45.8 Å². The minimum atomic E-state index is -1.86. The Balaban J connectivity index is 2.73. The summed E-state index contributed by atoms with van der Waals surface area (Å²) >= 11 is 0. The molecule has 0 heterocycles. The van der Waals surface area contributed by atoms with E-state index >= 15 is 0 Å². The Kier molecular flexibility index (Phi) is 6.20. The zero-order valence-electron chi connectivity index (χ0n) is 14.5. The van der Waals surface area contributed by atoms with Gasteiger partial charge in [-0.3, -0.25) is 4.79 Å². The first-order valence-corrected chi connectivity index (χ1v) is 10.6. The fourth-order valence-corrected chi connectivity index (χ4v) is 2.73. The first-order chi connectivity index (χ1) is 10.1. The number of aliphatic hydroxyl groups excluding tert-OH is 1. The molecule has 124 valence electrons. The zero-order chi connectivity index (χ0) is 17.0. The second kappa shape index (κ2) is 7.29. The van der Waals surface area contributed by atoms with Crippen LogP contribution in [0.3, 0.4) is 0 Å². The third kappa shape index (κ3) is 5.14. The molecule has 1 N–H and O–H groups in total. The smallest absolute Gasteiger partial charge is 0.308 e. The molecule has 0 amide bonds. The van der Waals surface area contributed by atoms with Gasteiger partial charge in [-0.1, -0.05) is 32.9 Å². The van der Waals surface area contributed by atoms with E-state index in [2.05, 4.69) is 33.9 Å². The summed E-state index contributed by atoms with van der Waals surface area (Å²) in [5.74, 6) is 0.412. The summed E-state index contributed by atoms with van der Waals surface area (Å²) in [4.78, 5) is 11.4. The molecular formula is C17H28O4Si. The van der Waals surface area contributed by atoms with E-state index in [4.69, 9.17) is 9.16 Å². The van der Waals surface area contributed by atoms with Crippen molar-refractivity contribution in [3.05, 3.63) is 29.8 Å². The molecule has 22 heavy (non-hydrogen) atoms. The number of aliphatic hydroxyl groups is 1. The molecule has 0 bridgehead atoms. The van der Waals surface area contributed by atoms with Crippen molar-refractivity contribution in [3.63, 3.8) is 0 Å². The van der Waals surface area contributed by atoms with Gasteiger partial charge in [-0.2, -0.15) is 0 Å². The molecule has 0 fully saturated rings. The number of esters is 1. The number of carbonyl (C=O) groups is 1. The number of carbonyl (C=O) groups excluding carboxylic acids is 1. The van der Waals surface area contributed by atoms with Crippen LogP contribution >= 0.6 is 0 Å². The Morgan fingerprint density at radius 1 is 1.23 bits per heavy atom. The van der Waals surface area contributed by atoms with Gasteiger partial charge < -0.3 is 14.3 Å². The summed E-state index contributed by atoms with van der Waals surface area (Å²) in [6.45, 7) is 13.0. The Morgan fingerprint density at radius 2 is 1.77 bits per heavy atom. The molecule has 0 aliphatic heterocycles. The van der Waals surface area contributed by atoms with Crippen LogP contribution < -0.4 is 4.43 Å². The molecular weight excluding hydrogens is 296 g/mol. The van der Waals surface area contributed by atoms with E-state index in [1.54, 1.807) is 19.1 Å². The van der Waals surface area contributed by atoms with Crippen molar-refractivity contribution in [2.75, 3.05) is 6.61 Å². The van der Waals surface area contributed by atoms with E-state index < -0.39 is 20.4 Å². The van der Waals surface area contributed by atoms with Crippen molar-refractivity contribution in [1.29, 1.82) is 0 Å². The molecule has 1 aromatic carbocycles. The molecule has 1 unspecified atom stereocenters. The summed E-state index contributed by atoms with van der Waals surface area (Å²) in [6, 6.07) is 7.30. The molecule has 0 aliphatic carbocycles. The molecule has 0 radical (unpaired) electrons. The minimum absolute atomic E-state index is 0.0315. The lowest BCUT2D eigenvalue weighted by molar-refractivity contribution is -0.145. The Labute approximate surface area is 134 Å². The zero-order valence-corrected chi connectivity index (χ0v) is 15.5. The predicted octanol–water partition coefficient (Wildman–Crippen LogP) is 4.06. The lowest BCUT2D eigenvalue weighted by Crippen LogP contribution is -2.43. The average Bonchev–Trinajstić information content (AvgIpc) is 2.37. The number of ether oxygens (including phenoxy) is 1. The molecule has 0 aromatic heterocycles. The van der Waals surface area contributed by atoms with Gasteiger partial charge in [0.25, 0.3) is 0 Å². The van der Waals surface area contributed by atoms with Crippen molar-refractivity contribution in [2.45, 2.75) is 58.4 Å². The highest BCUT2D eigenvalue weighted by Crippen LogP contribution is 2.37. The summed E-state index contributed by atoms with van der Waals surface area (Å²) in [5.41, 5.74) is 0.690. The lowest BCUT2D eigenvalue weighted by Gasteiger charge is -2.36.